The van der Waals surface area contributed by atoms with Gasteiger partial charge in [0.25, 0.3) is 5.91 Å². The zero-order valence-electron chi connectivity index (χ0n) is 18.4. The van der Waals surface area contributed by atoms with E-state index in [-0.39, 0.29) is 24.8 Å². The van der Waals surface area contributed by atoms with Gasteiger partial charge in [0.05, 0.1) is 27.8 Å². The lowest BCUT2D eigenvalue weighted by atomic mass is 10.1. The van der Waals surface area contributed by atoms with E-state index in [0.717, 1.165) is 5.56 Å². The Balaban J connectivity index is 1.52. The predicted octanol–water partition coefficient (Wildman–Crippen LogP) is 2.66. The number of piperazine rings is 1. The van der Waals surface area contributed by atoms with Gasteiger partial charge in [-0.25, -0.2) is 0 Å². The molecule has 0 aromatic heterocycles. The Kier molecular flexibility index (Phi) is 8.05. The van der Waals surface area contributed by atoms with Crippen molar-refractivity contribution in [3.63, 3.8) is 0 Å². The highest BCUT2D eigenvalue weighted by Crippen LogP contribution is 2.38. The van der Waals surface area contributed by atoms with Gasteiger partial charge in [0.2, 0.25) is 11.7 Å². The first-order valence-electron chi connectivity index (χ1n) is 10.2. The second-order valence-corrected chi connectivity index (χ2v) is 7.65. The van der Waals surface area contributed by atoms with Crippen LogP contribution in [0.5, 0.6) is 23.0 Å². The van der Waals surface area contributed by atoms with Crippen LogP contribution < -0.4 is 18.9 Å². The molecule has 0 bridgehead atoms. The van der Waals surface area contributed by atoms with Crippen LogP contribution in [0.3, 0.4) is 0 Å². The summed E-state index contributed by atoms with van der Waals surface area (Å²) in [7, 11) is 4.61. The topological polar surface area (TPSA) is 77.5 Å². The van der Waals surface area contributed by atoms with Gasteiger partial charge >= 0.3 is 0 Å². The average molecular weight is 463 g/mol. The van der Waals surface area contributed by atoms with Crippen LogP contribution in [0.2, 0.25) is 5.02 Å². The lowest BCUT2D eigenvalue weighted by Crippen LogP contribution is -2.52. The van der Waals surface area contributed by atoms with Crippen molar-refractivity contribution < 1.29 is 28.5 Å². The first-order chi connectivity index (χ1) is 15.4. The van der Waals surface area contributed by atoms with E-state index >= 15 is 0 Å². The van der Waals surface area contributed by atoms with E-state index in [4.69, 9.17) is 30.5 Å². The molecule has 1 aliphatic heterocycles. The number of ether oxygens (including phenoxy) is 4. The van der Waals surface area contributed by atoms with Crippen molar-refractivity contribution in [2.75, 3.05) is 54.1 Å². The van der Waals surface area contributed by atoms with Crippen LogP contribution in [-0.4, -0.2) is 75.7 Å². The Morgan fingerprint density at radius 1 is 0.844 bits per heavy atom. The van der Waals surface area contributed by atoms with Gasteiger partial charge in [0, 0.05) is 31.2 Å². The molecule has 0 N–H and O–H groups in total. The number of nitrogens with zero attached hydrogens (tertiary/aromatic N) is 2. The molecule has 8 nitrogen and oxygen atoms in total. The Morgan fingerprint density at radius 3 is 1.88 bits per heavy atom. The summed E-state index contributed by atoms with van der Waals surface area (Å²) in [6.07, 6.45) is 0.199. The molecule has 1 fully saturated rings. The van der Waals surface area contributed by atoms with E-state index in [1.165, 1.54) is 21.3 Å². The number of halogens is 1. The monoisotopic (exact) mass is 462 g/mol. The normalized spacial score (nSPS) is 13.5. The molecule has 9 heteroatoms. The van der Waals surface area contributed by atoms with Gasteiger partial charge in [-0.2, -0.15) is 0 Å². The zero-order chi connectivity index (χ0) is 23.1. The van der Waals surface area contributed by atoms with Gasteiger partial charge in [-0.3, -0.25) is 9.59 Å². The zero-order valence-corrected chi connectivity index (χ0v) is 19.2. The number of carbonyl (C=O) groups excluding carboxylic acids is 2. The summed E-state index contributed by atoms with van der Waals surface area (Å²) in [5.41, 5.74) is 0.763. The summed E-state index contributed by atoms with van der Waals surface area (Å²) in [5.74, 6) is 1.94. The van der Waals surface area contributed by atoms with Gasteiger partial charge < -0.3 is 28.7 Å². The maximum atomic E-state index is 12.8. The first-order valence-corrected chi connectivity index (χ1v) is 10.6. The second-order valence-electron chi connectivity index (χ2n) is 7.21. The first kappa shape index (κ1) is 23.5. The molecule has 0 radical (unpaired) electrons. The Hall–Kier alpha value is -3.13. The van der Waals surface area contributed by atoms with E-state index in [0.29, 0.717) is 54.2 Å². The molecule has 0 atom stereocenters. The predicted molar refractivity (Wildman–Crippen MR) is 120 cm³/mol. The van der Waals surface area contributed by atoms with Crippen molar-refractivity contribution in [1.29, 1.82) is 0 Å². The lowest BCUT2D eigenvalue weighted by molar-refractivity contribution is -0.140. The Bertz CT molecular complexity index is 917. The molecule has 0 saturated carbocycles. The summed E-state index contributed by atoms with van der Waals surface area (Å²) >= 11 is 5.85. The summed E-state index contributed by atoms with van der Waals surface area (Å²) in [5, 5.41) is 0.607. The molecule has 2 aromatic carbocycles. The van der Waals surface area contributed by atoms with Crippen molar-refractivity contribution in [2.45, 2.75) is 6.42 Å². The minimum Gasteiger partial charge on any atom is -0.493 e. The van der Waals surface area contributed by atoms with Crippen LogP contribution in [0.25, 0.3) is 0 Å². The molecule has 1 heterocycles. The van der Waals surface area contributed by atoms with Crippen LogP contribution in [0.1, 0.15) is 5.56 Å². The number of rotatable bonds is 8. The number of benzene rings is 2. The Labute approximate surface area is 192 Å². The van der Waals surface area contributed by atoms with Crippen molar-refractivity contribution in [3.8, 4) is 23.0 Å². The highest BCUT2D eigenvalue weighted by molar-refractivity contribution is 6.30. The summed E-state index contributed by atoms with van der Waals surface area (Å²) in [6, 6.07) is 10.4. The molecule has 3 rings (SSSR count). The van der Waals surface area contributed by atoms with E-state index in [2.05, 4.69) is 0 Å². The lowest BCUT2D eigenvalue weighted by Gasteiger charge is -2.34. The van der Waals surface area contributed by atoms with Crippen molar-refractivity contribution in [3.05, 3.63) is 47.0 Å². The largest absolute Gasteiger partial charge is 0.493 e. The van der Waals surface area contributed by atoms with E-state index in [9.17, 15) is 9.59 Å². The fraction of sp³-hybridized carbons (Fsp3) is 0.391. The van der Waals surface area contributed by atoms with E-state index in [1.54, 1.807) is 46.2 Å². The minimum absolute atomic E-state index is 0.0243. The van der Waals surface area contributed by atoms with Crippen LogP contribution >= 0.6 is 11.6 Å². The number of carbonyl (C=O) groups is 2. The van der Waals surface area contributed by atoms with Crippen LogP contribution in [0.4, 0.5) is 0 Å². The van der Waals surface area contributed by atoms with Crippen molar-refractivity contribution in [1.82, 2.24) is 9.80 Å². The van der Waals surface area contributed by atoms with Crippen molar-refractivity contribution in [2.24, 2.45) is 0 Å². The van der Waals surface area contributed by atoms with Crippen molar-refractivity contribution >= 4 is 23.4 Å². The maximum absolute atomic E-state index is 12.8. The standard InChI is InChI=1S/C23H27ClN2O6/c1-29-19-12-16(13-20(30-2)23(19)31-3)14-21(27)25-8-10-26(11-9-25)22(28)15-32-18-6-4-17(24)5-7-18/h4-7,12-13H,8-11,14-15H2,1-3H3. The van der Waals surface area contributed by atoms with Gasteiger partial charge in [-0.15, -0.1) is 0 Å². The van der Waals surface area contributed by atoms with Crippen LogP contribution in [-0.2, 0) is 16.0 Å². The number of hydrogen-bond donors (Lipinski definition) is 0. The number of hydrogen-bond acceptors (Lipinski definition) is 6. The van der Waals surface area contributed by atoms with Crippen LogP contribution in [0, 0.1) is 0 Å². The highest BCUT2D eigenvalue weighted by Gasteiger charge is 2.25. The fourth-order valence-corrected chi connectivity index (χ4v) is 3.62. The molecule has 172 valence electrons. The van der Waals surface area contributed by atoms with Gasteiger partial charge in [-0.1, -0.05) is 11.6 Å². The third-order valence-electron chi connectivity index (χ3n) is 5.24. The second kappa shape index (κ2) is 10.9. The van der Waals surface area contributed by atoms with Crippen LogP contribution in [0.15, 0.2) is 36.4 Å². The minimum atomic E-state index is -0.114. The quantitative estimate of drug-likeness (QED) is 0.600. The van der Waals surface area contributed by atoms with E-state index in [1.807, 2.05) is 0 Å². The molecule has 0 unspecified atom stereocenters. The third kappa shape index (κ3) is 5.76. The molecule has 0 spiro atoms. The molecule has 32 heavy (non-hydrogen) atoms. The van der Waals surface area contributed by atoms with Gasteiger partial charge in [0.15, 0.2) is 18.1 Å². The highest BCUT2D eigenvalue weighted by atomic mass is 35.5. The third-order valence-corrected chi connectivity index (χ3v) is 5.49. The SMILES string of the molecule is COc1cc(CC(=O)N2CCN(C(=O)COc3ccc(Cl)cc3)CC2)cc(OC)c1OC. The van der Waals surface area contributed by atoms with E-state index < -0.39 is 0 Å². The molecule has 0 aliphatic carbocycles. The molecule has 2 aromatic rings. The number of methoxy groups -OCH3 is 3. The Morgan fingerprint density at radius 2 is 1.38 bits per heavy atom. The molecule has 1 aliphatic rings. The molecular weight excluding hydrogens is 436 g/mol. The summed E-state index contributed by atoms with van der Waals surface area (Å²) in [4.78, 5) is 28.7. The maximum Gasteiger partial charge on any atom is 0.260 e. The fourth-order valence-electron chi connectivity index (χ4n) is 3.50. The molecule has 1 saturated heterocycles. The summed E-state index contributed by atoms with van der Waals surface area (Å²) in [6.45, 7) is 1.81. The molecule has 2 amide bonds. The summed E-state index contributed by atoms with van der Waals surface area (Å²) < 4.78 is 21.6. The molecular formula is C23H27ClN2O6. The van der Waals surface area contributed by atoms with Gasteiger partial charge in [0.1, 0.15) is 5.75 Å². The number of amides is 2. The smallest absolute Gasteiger partial charge is 0.260 e. The van der Waals surface area contributed by atoms with Gasteiger partial charge in [-0.05, 0) is 42.0 Å². The average Bonchev–Trinajstić information content (AvgIpc) is 2.82.